The lowest BCUT2D eigenvalue weighted by atomic mass is 10.0. The maximum atomic E-state index is 4.86. The third-order valence-electron chi connectivity index (χ3n) is 4.80. The number of rotatable bonds is 2. The maximum Gasteiger partial charge on any atom is 0.204 e. The minimum atomic E-state index is 0.0342. The molecule has 2 aromatic rings. The minimum absolute atomic E-state index is 0.0342. The van der Waals surface area contributed by atoms with Crippen LogP contribution in [0.15, 0.2) is 24.3 Å². The van der Waals surface area contributed by atoms with Crippen LogP contribution in [0, 0.1) is 0 Å². The lowest BCUT2D eigenvalue weighted by molar-refractivity contribution is 0.171. The first-order valence-electron chi connectivity index (χ1n) is 8.65. The van der Waals surface area contributed by atoms with Gasteiger partial charge in [-0.05, 0) is 60.1 Å². The molecule has 0 radical (unpaired) electrons. The van der Waals surface area contributed by atoms with E-state index in [0.717, 1.165) is 30.1 Å². The second-order valence-corrected chi connectivity index (χ2v) is 8.68. The Bertz CT molecular complexity index is 641. The van der Waals surface area contributed by atoms with E-state index in [0.29, 0.717) is 6.04 Å². The molecule has 4 heteroatoms. The smallest absolute Gasteiger partial charge is 0.204 e. The SMILES string of the molecule is CC(C)(C)N1CCC(N(c2nc3ccccc3[nH]2)C(C)(C)C)C1. The van der Waals surface area contributed by atoms with E-state index in [1.165, 1.54) is 6.42 Å². The van der Waals surface area contributed by atoms with Crippen molar-refractivity contribution in [2.45, 2.75) is 65.1 Å². The fourth-order valence-electron chi connectivity index (χ4n) is 3.65. The molecule has 0 spiro atoms. The first-order chi connectivity index (χ1) is 10.7. The van der Waals surface area contributed by atoms with Crippen LogP contribution in [0.25, 0.3) is 11.0 Å². The highest BCUT2D eigenvalue weighted by atomic mass is 15.4. The van der Waals surface area contributed by atoms with Crippen molar-refractivity contribution in [2.75, 3.05) is 18.0 Å². The van der Waals surface area contributed by atoms with Gasteiger partial charge < -0.3 is 9.88 Å². The van der Waals surface area contributed by atoms with Crippen molar-refractivity contribution in [1.82, 2.24) is 14.9 Å². The molecule has 1 fully saturated rings. The van der Waals surface area contributed by atoms with E-state index in [9.17, 15) is 0 Å². The van der Waals surface area contributed by atoms with Crippen LogP contribution in [-0.4, -0.2) is 45.1 Å². The molecule has 1 unspecified atom stereocenters. The van der Waals surface area contributed by atoms with Crippen molar-refractivity contribution in [2.24, 2.45) is 0 Å². The van der Waals surface area contributed by atoms with Gasteiger partial charge in [0.15, 0.2) is 0 Å². The average molecular weight is 314 g/mol. The number of anilines is 1. The predicted molar refractivity (Wildman–Crippen MR) is 98.1 cm³/mol. The van der Waals surface area contributed by atoms with Crippen molar-refractivity contribution in [1.29, 1.82) is 0 Å². The number of imidazole rings is 1. The van der Waals surface area contributed by atoms with Crippen LogP contribution < -0.4 is 4.90 Å². The Labute approximate surface area is 139 Å². The number of fused-ring (bicyclic) bond motifs is 1. The maximum absolute atomic E-state index is 4.86. The Morgan fingerprint density at radius 1 is 1.13 bits per heavy atom. The van der Waals surface area contributed by atoms with Crippen molar-refractivity contribution in [3.63, 3.8) is 0 Å². The number of benzene rings is 1. The number of likely N-dealkylation sites (tertiary alicyclic amines) is 1. The number of para-hydroxylation sites is 2. The van der Waals surface area contributed by atoms with Gasteiger partial charge in [0.2, 0.25) is 5.95 Å². The predicted octanol–water partition coefficient (Wildman–Crippen LogP) is 4.04. The van der Waals surface area contributed by atoms with Crippen molar-refractivity contribution in [3.05, 3.63) is 24.3 Å². The van der Waals surface area contributed by atoms with Gasteiger partial charge in [-0.15, -0.1) is 0 Å². The average Bonchev–Trinajstić information content (AvgIpc) is 3.02. The molecule has 126 valence electrons. The van der Waals surface area contributed by atoms with E-state index in [2.05, 4.69) is 74.5 Å². The quantitative estimate of drug-likeness (QED) is 0.908. The molecule has 0 saturated carbocycles. The van der Waals surface area contributed by atoms with Gasteiger partial charge in [0.1, 0.15) is 0 Å². The van der Waals surface area contributed by atoms with Crippen molar-refractivity contribution in [3.8, 4) is 0 Å². The molecule has 0 aliphatic carbocycles. The topological polar surface area (TPSA) is 35.2 Å². The number of hydrogen-bond donors (Lipinski definition) is 1. The molecule has 1 aromatic carbocycles. The van der Waals surface area contributed by atoms with E-state index >= 15 is 0 Å². The van der Waals surface area contributed by atoms with Gasteiger partial charge in [-0.2, -0.15) is 0 Å². The van der Waals surface area contributed by atoms with Crippen molar-refractivity contribution >= 4 is 17.0 Å². The molecule has 23 heavy (non-hydrogen) atoms. The number of aromatic nitrogens is 2. The third-order valence-corrected chi connectivity index (χ3v) is 4.80. The van der Waals surface area contributed by atoms with Gasteiger partial charge in [-0.3, -0.25) is 4.90 Å². The van der Waals surface area contributed by atoms with Gasteiger partial charge in [-0.25, -0.2) is 4.98 Å². The Morgan fingerprint density at radius 2 is 1.83 bits per heavy atom. The molecule has 2 heterocycles. The number of hydrogen-bond acceptors (Lipinski definition) is 3. The summed E-state index contributed by atoms with van der Waals surface area (Å²) in [6, 6.07) is 8.78. The fraction of sp³-hybridized carbons (Fsp3) is 0.632. The molecule has 1 aromatic heterocycles. The van der Waals surface area contributed by atoms with Gasteiger partial charge >= 0.3 is 0 Å². The highest BCUT2D eigenvalue weighted by molar-refractivity contribution is 5.77. The van der Waals surface area contributed by atoms with E-state index in [1.54, 1.807) is 0 Å². The zero-order chi connectivity index (χ0) is 16.8. The molecule has 1 saturated heterocycles. The summed E-state index contributed by atoms with van der Waals surface area (Å²) < 4.78 is 0. The number of H-pyrrole nitrogens is 1. The fourth-order valence-corrected chi connectivity index (χ4v) is 3.65. The Balaban J connectivity index is 1.93. The lowest BCUT2D eigenvalue weighted by Crippen LogP contribution is -2.51. The molecule has 1 aliphatic rings. The van der Waals surface area contributed by atoms with Gasteiger partial charge in [0, 0.05) is 30.2 Å². The number of nitrogens with one attached hydrogen (secondary N) is 1. The number of aromatic amines is 1. The van der Waals surface area contributed by atoms with Gasteiger partial charge in [0.05, 0.1) is 11.0 Å². The second-order valence-electron chi connectivity index (χ2n) is 8.68. The van der Waals surface area contributed by atoms with E-state index in [4.69, 9.17) is 4.98 Å². The van der Waals surface area contributed by atoms with E-state index in [-0.39, 0.29) is 11.1 Å². The molecule has 1 N–H and O–H groups in total. The zero-order valence-electron chi connectivity index (χ0n) is 15.3. The molecular formula is C19H30N4. The monoisotopic (exact) mass is 314 g/mol. The van der Waals surface area contributed by atoms with Crippen LogP contribution in [0.2, 0.25) is 0 Å². The summed E-state index contributed by atoms with van der Waals surface area (Å²) in [4.78, 5) is 13.5. The summed E-state index contributed by atoms with van der Waals surface area (Å²) >= 11 is 0. The second kappa shape index (κ2) is 5.52. The highest BCUT2D eigenvalue weighted by Crippen LogP contribution is 2.32. The molecular weight excluding hydrogens is 284 g/mol. The van der Waals surface area contributed by atoms with Crippen molar-refractivity contribution < 1.29 is 0 Å². The summed E-state index contributed by atoms with van der Waals surface area (Å²) in [6.07, 6.45) is 1.19. The van der Waals surface area contributed by atoms with Crippen LogP contribution in [0.3, 0.4) is 0 Å². The Kier molecular flexibility index (Phi) is 3.91. The highest BCUT2D eigenvalue weighted by Gasteiger charge is 2.38. The first kappa shape index (κ1) is 16.3. The summed E-state index contributed by atoms with van der Waals surface area (Å²) in [5, 5.41) is 0. The lowest BCUT2D eigenvalue weighted by Gasteiger charge is -2.41. The summed E-state index contributed by atoms with van der Waals surface area (Å²) in [7, 11) is 0. The molecule has 0 bridgehead atoms. The van der Waals surface area contributed by atoms with Crippen LogP contribution in [0.5, 0.6) is 0 Å². The van der Waals surface area contributed by atoms with E-state index in [1.807, 2.05) is 6.07 Å². The Morgan fingerprint density at radius 3 is 2.39 bits per heavy atom. The Hall–Kier alpha value is -1.55. The van der Waals surface area contributed by atoms with Crippen LogP contribution in [-0.2, 0) is 0 Å². The number of nitrogens with zero attached hydrogens (tertiary/aromatic N) is 3. The molecule has 0 amide bonds. The van der Waals surface area contributed by atoms with Crippen LogP contribution in [0.4, 0.5) is 5.95 Å². The molecule has 4 nitrogen and oxygen atoms in total. The molecule has 1 aliphatic heterocycles. The summed E-state index contributed by atoms with van der Waals surface area (Å²) in [5.74, 6) is 0.999. The molecule has 3 rings (SSSR count). The normalized spacial score (nSPS) is 20.3. The standard InChI is InChI=1S/C19H30N4/c1-18(2,3)22-12-11-14(13-22)23(19(4,5)6)17-20-15-9-7-8-10-16(15)21-17/h7-10,14H,11-13H2,1-6H3,(H,20,21). The summed E-state index contributed by atoms with van der Waals surface area (Å²) in [5.41, 5.74) is 2.42. The largest absolute Gasteiger partial charge is 0.333 e. The third kappa shape index (κ3) is 3.23. The van der Waals surface area contributed by atoms with Gasteiger partial charge in [0.25, 0.3) is 0 Å². The summed E-state index contributed by atoms with van der Waals surface area (Å²) in [6.45, 7) is 16.0. The van der Waals surface area contributed by atoms with Crippen LogP contribution >= 0.6 is 0 Å². The first-order valence-corrected chi connectivity index (χ1v) is 8.65. The van der Waals surface area contributed by atoms with Gasteiger partial charge in [-0.1, -0.05) is 12.1 Å². The minimum Gasteiger partial charge on any atom is -0.333 e. The molecule has 1 atom stereocenters. The zero-order valence-corrected chi connectivity index (χ0v) is 15.3. The van der Waals surface area contributed by atoms with Crippen LogP contribution in [0.1, 0.15) is 48.0 Å². The van der Waals surface area contributed by atoms with E-state index < -0.39 is 0 Å².